The van der Waals surface area contributed by atoms with Gasteiger partial charge in [-0.1, -0.05) is 5.16 Å². The number of aliphatic hydroxyl groups is 1. The van der Waals surface area contributed by atoms with E-state index in [2.05, 4.69) is 10.5 Å². The first-order valence-electron chi connectivity index (χ1n) is 8.66. The van der Waals surface area contributed by atoms with Crippen molar-refractivity contribution >= 4 is 5.91 Å². The first-order valence-corrected chi connectivity index (χ1v) is 8.66. The average Bonchev–Trinajstić information content (AvgIpc) is 2.93. The van der Waals surface area contributed by atoms with Crippen LogP contribution in [0.2, 0.25) is 0 Å². The summed E-state index contributed by atoms with van der Waals surface area (Å²) in [4.78, 5) is 12.3. The number of rotatable bonds is 5. The van der Waals surface area contributed by atoms with Crippen LogP contribution in [0.15, 0.2) is 28.8 Å². The second-order valence-corrected chi connectivity index (χ2v) is 6.59. The minimum absolute atomic E-state index is 0.0846. The van der Waals surface area contributed by atoms with E-state index in [1.807, 2.05) is 13.8 Å². The number of aromatic nitrogens is 1. The van der Waals surface area contributed by atoms with Crippen LogP contribution in [0, 0.1) is 13.8 Å². The summed E-state index contributed by atoms with van der Waals surface area (Å²) in [5.74, 6) is 1.36. The van der Waals surface area contributed by atoms with Gasteiger partial charge in [-0.3, -0.25) is 4.79 Å². The number of hydrogen-bond acceptors (Lipinski definition) is 5. The number of carbonyl (C=O) groups is 1. The molecular formula is C19H24N2O4. The Morgan fingerprint density at radius 1 is 1.24 bits per heavy atom. The summed E-state index contributed by atoms with van der Waals surface area (Å²) < 4.78 is 10.9. The quantitative estimate of drug-likeness (QED) is 0.871. The largest absolute Gasteiger partial charge is 0.489 e. The normalized spacial score (nSPS) is 20.3. The van der Waals surface area contributed by atoms with Crippen molar-refractivity contribution in [3.63, 3.8) is 0 Å². The Labute approximate surface area is 147 Å². The number of aliphatic hydroxyl groups excluding tert-OH is 1. The van der Waals surface area contributed by atoms with Crippen molar-refractivity contribution in [2.75, 3.05) is 0 Å². The van der Waals surface area contributed by atoms with Crippen LogP contribution in [0.3, 0.4) is 0 Å². The first-order chi connectivity index (χ1) is 12.0. The second-order valence-electron chi connectivity index (χ2n) is 6.59. The zero-order valence-electron chi connectivity index (χ0n) is 14.6. The van der Waals surface area contributed by atoms with E-state index in [0.29, 0.717) is 17.9 Å². The maximum absolute atomic E-state index is 12.3. The summed E-state index contributed by atoms with van der Waals surface area (Å²) in [6, 6.07) is 7.24. The molecule has 1 heterocycles. The molecule has 0 atom stereocenters. The molecule has 1 aromatic carbocycles. The molecule has 1 amide bonds. The minimum atomic E-state index is -0.220. The molecule has 0 unspecified atom stereocenters. The van der Waals surface area contributed by atoms with E-state index in [1.54, 1.807) is 24.3 Å². The van der Waals surface area contributed by atoms with Crippen LogP contribution in [0.1, 0.15) is 53.1 Å². The van der Waals surface area contributed by atoms with E-state index in [1.165, 1.54) is 0 Å². The number of nitrogens with zero attached hydrogens (tertiary/aromatic N) is 1. The third kappa shape index (κ3) is 4.39. The number of amides is 1. The van der Waals surface area contributed by atoms with Gasteiger partial charge >= 0.3 is 0 Å². The van der Waals surface area contributed by atoms with Gasteiger partial charge in [0.25, 0.3) is 5.91 Å². The Balaban J connectivity index is 1.54. The minimum Gasteiger partial charge on any atom is -0.489 e. The van der Waals surface area contributed by atoms with Crippen LogP contribution in [0.25, 0.3) is 0 Å². The SMILES string of the molecule is Cc1noc(C)c1COc1ccc(C(=O)NC2CCC(O)CC2)cc1. The lowest BCUT2D eigenvalue weighted by Crippen LogP contribution is -2.38. The van der Waals surface area contributed by atoms with Crippen molar-refractivity contribution in [2.45, 2.75) is 58.3 Å². The Hall–Kier alpha value is -2.34. The lowest BCUT2D eigenvalue weighted by molar-refractivity contribution is 0.0867. The van der Waals surface area contributed by atoms with Gasteiger partial charge in [0.2, 0.25) is 0 Å². The van der Waals surface area contributed by atoms with Crippen LogP contribution >= 0.6 is 0 Å². The molecule has 0 spiro atoms. The maximum Gasteiger partial charge on any atom is 0.251 e. The number of nitrogens with one attached hydrogen (secondary N) is 1. The number of carbonyl (C=O) groups excluding carboxylic acids is 1. The Kier molecular flexibility index (Phi) is 5.38. The van der Waals surface area contributed by atoms with Crippen molar-refractivity contribution in [1.82, 2.24) is 10.5 Å². The number of aryl methyl sites for hydroxylation is 2. The molecule has 0 bridgehead atoms. The van der Waals surface area contributed by atoms with Gasteiger partial charge in [-0.25, -0.2) is 0 Å². The monoisotopic (exact) mass is 344 g/mol. The molecule has 2 N–H and O–H groups in total. The van der Waals surface area contributed by atoms with Crippen LogP contribution in [0.4, 0.5) is 0 Å². The smallest absolute Gasteiger partial charge is 0.251 e. The highest BCUT2D eigenvalue weighted by molar-refractivity contribution is 5.94. The summed E-state index contributed by atoms with van der Waals surface area (Å²) in [6.45, 7) is 4.13. The molecule has 3 rings (SSSR count). The molecule has 0 aliphatic heterocycles. The van der Waals surface area contributed by atoms with E-state index in [4.69, 9.17) is 9.26 Å². The van der Waals surface area contributed by atoms with Crippen molar-refractivity contribution in [2.24, 2.45) is 0 Å². The van der Waals surface area contributed by atoms with E-state index in [-0.39, 0.29) is 18.1 Å². The summed E-state index contributed by atoms with van der Waals surface area (Å²) in [5.41, 5.74) is 2.38. The maximum atomic E-state index is 12.3. The highest BCUT2D eigenvalue weighted by atomic mass is 16.5. The summed E-state index contributed by atoms with van der Waals surface area (Å²) in [5, 5.41) is 16.5. The molecule has 134 valence electrons. The van der Waals surface area contributed by atoms with Gasteiger partial charge in [0.15, 0.2) is 0 Å². The topological polar surface area (TPSA) is 84.6 Å². The fourth-order valence-corrected chi connectivity index (χ4v) is 3.05. The van der Waals surface area contributed by atoms with E-state index >= 15 is 0 Å². The zero-order valence-corrected chi connectivity index (χ0v) is 14.6. The van der Waals surface area contributed by atoms with Crippen LogP contribution in [-0.2, 0) is 6.61 Å². The van der Waals surface area contributed by atoms with Crippen molar-refractivity contribution in [3.8, 4) is 5.75 Å². The number of hydrogen-bond donors (Lipinski definition) is 2. The Morgan fingerprint density at radius 2 is 1.92 bits per heavy atom. The van der Waals surface area contributed by atoms with Crippen LogP contribution in [-0.4, -0.2) is 28.3 Å². The third-order valence-electron chi connectivity index (χ3n) is 4.71. The van der Waals surface area contributed by atoms with Gasteiger partial charge in [-0.05, 0) is 63.8 Å². The highest BCUT2D eigenvalue weighted by Gasteiger charge is 2.21. The van der Waals surface area contributed by atoms with Gasteiger partial charge in [0.1, 0.15) is 18.1 Å². The third-order valence-corrected chi connectivity index (χ3v) is 4.71. The molecular weight excluding hydrogens is 320 g/mol. The van der Waals surface area contributed by atoms with Crippen LogP contribution < -0.4 is 10.1 Å². The summed E-state index contributed by atoms with van der Waals surface area (Å²) >= 11 is 0. The van der Waals surface area contributed by atoms with E-state index in [9.17, 15) is 9.90 Å². The standard InChI is InChI=1S/C19H24N2O4/c1-12-18(13(2)25-21-12)11-24-17-9-3-14(4-10-17)19(23)20-15-5-7-16(22)8-6-15/h3-4,9-10,15-16,22H,5-8,11H2,1-2H3,(H,20,23). The molecule has 1 aromatic heterocycles. The van der Waals surface area contributed by atoms with Gasteiger partial charge in [-0.15, -0.1) is 0 Å². The second kappa shape index (κ2) is 7.70. The molecule has 1 saturated carbocycles. The predicted octanol–water partition coefficient (Wildman–Crippen LogP) is 2.90. The molecule has 0 radical (unpaired) electrons. The van der Waals surface area contributed by atoms with Crippen molar-refractivity contribution < 1.29 is 19.2 Å². The fourth-order valence-electron chi connectivity index (χ4n) is 3.05. The van der Waals surface area contributed by atoms with Gasteiger partial charge in [0.05, 0.1) is 17.4 Å². The summed E-state index contributed by atoms with van der Waals surface area (Å²) in [7, 11) is 0. The van der Waals surface area contributed by atoms with Crippen LogP contribution in [0.5, 0.6) is 5.75 Å². The number of ether oxygens (including phenoxy) is 1. The molecule has 1 aliphatic carbocycles. The molecule has 0 saturated heterocycles. The summed E-state index contributed by atoms with van der Waals surface area (Å²) in [6.07, 6.45) is 2.93. The lowest BCUT2D eigenvalue weighted by atomic mass is 9.93. The van der Waals surface area contributed by atoms with Crippen molar-refractivity contribution in [3.05, 3.63) is 46.8 Å². The highest BCUT2D eigenvalue weighted by Crippen LogP contribution is 2.20. The molecule has 6 nitrogen and oxygen atoms in total. The fraction of sp³-hybridized carbons (Fsp3) is 0.474. The predicted molar refractivity (Wildman–Crippen MR) is 92.5 cm³/mol. The van der Waals surface area contributed by atoms with Crippen molar-refractivity contribution in [1.29, 1.82) is 0 Å². The molecule has 25 heavy (non-hydrogen) atoms. The van der Waals surface area contributed by atoms with E-state index in [0.717, 1.165) is 42.7 Å². The molecule has 1 aliphatic rings. The number of benzene rings is 1. The first kappa shape index (κ1) is 17.5. The zero-order chi connectivity index (χ0) is 17.8. The Morgan fingerprint density at radius 3 is 2.52 bits per heavy atom. The lowest BCUT2D eigenvalue weighted by Gasteiger charge is -2.26. The van der Waals surface area contributed by atoms with Gasteiger partial charge < -0.3 is 19.7 Å². The Bertz CT molecular complexity index is 696. The van der Waals surface area contributed by atoms with Gasteiger partial charge in [0, 0.05) is 11.6 Å². The molecule has 2 aromatic rings. The van der Waals surface area contributed by atoms with Gasteiger partial charge in [-0.2, -0.15) is 0 Å². The molecule has 6 heteroatoms. The average molecular weight is 344 g/mol. The molecule has 1 fully saturated rings. The van der Waals surface area contributed by atoms with E-state index < -0.39 is 0 Å².